The van der Waals surface area contributed by atoms with E-state index in [1.165, 1.54) is 17.3 Å². The van der Waals surface area contributed by atoms with Crippen LogP contribution in [0.4, 0.5) is 5.69 Å². The molecule has 2 aromatic carbocycles. The molecule has 30 heavy (non-hydrogen) atoms. The number of aryl methyl sites for hydroxylation is 1. The number of rotatable bonds is 6. The van der Waals surface area contributed by atoms with Crippen molar-refractivity contribution in [2.45, 2.75) is 44.6 Å². The van der Waals surface area contributed by atoms with Crippen molar-refractivity contribution < 1.29 is 18.0 Å². The van der Waals surface area contributed by atoms with Gasteiger partial charge in [0.05, 0.1) is 4.90 Å². The van der Waals surface area contributed by atoms with E-state index in [-0.39, 0.29) is 23.3 Å². The van der Waals surface area contributed by atoms with Crippen LogP contribution in [0.15, 0.2) is 47.4 Å². The van der Waals surface area contributed by atoms with Crippen LogP contribution in [-0.2, 0) is 21.4 Å². The summed E-state index contributed by atoms with van der Waals surface area (Å²) >= 11 is 0. The molecule has 0 saturated carbocycles. The van der Waals surface area contributed by atoms with Gasteiger partial charge in [-0.1, -0.05) is 24.6 Å². The van der Waals surface area contributed by atoms with Crippen LogP contribution in [0.1, 0.15) is 47.7 Å². The first-order chi connectivity index (χ1) is 14.3. The summed E-state index contributed by atoms with van der Waals surface area (Å²) in [5, 5.41) is 5.54. The standard InChI is InChI=1S/C22H27N3O4S/c1-16-9-10-20(30(28,29)25-11-4-3-5-12-25)14-21(16)22(27)23-15-18-7-6-8-19(13-18)24-17(2)26/h6-10,13-14H,3-5,11-12,15H2,1-2H3,(H,23,27)(H,24,26). The third kappa shape index (κ3) is 5.25. The lowest BCUT2D eigenvalue weighted by Gasteiger charge is -2.26. The maximum absolute atomic E-state index is 12.9. The van der Waals surface area contributed by atoms with E-state index in [9.17, 15) is 18.0 Å². The molecular formula is C22H27N3O4S. The molecule has 1 saturated heterocycles. The Morgan fingerprint density at radius 2 is 1.77 bits per heavy atom. The van der Waals surface area contributed by atoms with Gasteiger partial charge in [0, 0.05) is 37.8 Å². The summed E-state index contributed by atoms with van der Waals surface area (Å²) in [5.41, 5.74) is 2.52. The number of hydrogen-bond donors (Lipinski definition) is 2. The minimum Gasteiger partial charge on any atom is -0.348 e. The summed E-state index contributed by atoms with van der Waals surface area (Å²) in [6.07, 6.45) is 2.75. The Balaban J connectivity index is 1.75. The van der Waals surface area contributed by atoms with Gasteiger partial charge in [0.25, 0.3) is 5.91 Å². The number of carbonyl (C=O) groups excluding carboxylic acids is 2. The minimum absolute atomic E-state index is 0.146. The van der Waals surface area contributed by atoms with Crippen LogP contribution in [0.5, 0.6) is 0 Å². The number of nitrogens with zero attached hydrogens (tertiary/aromatic N) is 1. The summed E-state index contributed by atoms with van der Waals surface area (Å²) < 4.78 is 27.4. The highest BCUT2D eigenvalue weighted by Crippen LogP contribution is 2.23. The highest BCUT2D eigenvalue weighted by molar-refractivity contribution is 7.89. The lowest BCUT2D eigenvalue weighted by molar-refractivity contribution is -0.114. The van der Waals surface area contributed by atoms with E-state index in [4.69, 9.17) is 0 Å². The Hall–Kier alpha value is -2.71. The Labute approximate surface area is 177 Å². The molecule has 1 heterocycles. The molecule has 1 aliphatic heterocycles. The number of benzene rings is 2. The number of piperidine rings is 1. The van der Waals surface area contributed by atoms with Gasteiger partial charge in [-0.3, -0.25) is 9.59 Å². The molecule has 3 rings (SSSR count). The molecule has 1 fully saturated rings. The van der Waals surface area contributed by atoms with Crippen LogP contribution in [0.3, 0.4) is 0 Å². The molecule has 2 aromatic rings. The van der Waals surface area contributed by atoms with Crippen molar-refractivity contribution in [3.05, 3.63) is 59.2 Å². The zero-order chi connectivity index (χ0) is 21.7. The van der Waals surface area contributed by atoms with E-state index in [2.05, 4.69) is 10.6 Å². The predicted octanol–water partition coefficient (Wildman–Crippen LogP) is 3.06. The Bertz CT molecular complexity index is 1040. The average Bonchev–Trinajstić information content (AvgIpc) is 2.72. The normalized spacial score (nSPS) is 14.9. The molecule has 0 unspecified atom stereocenters. The minimum atomic E-state index is -3.61. The number of amides is 2. The summed E-state index contributed by atoms with van der Waals surface area (Å²) in [6.45, 7) is 4.51. The largest absolute Gasteiger partial charge is 0.348 e. The molecule has 7 nitrogen and oxygen atoms in total. The van der Waals surface area contributed by atoms with Crippen molar-refractivity contribution in [1.82, 2.24) is 9.62 Å². The summed E-state index contributed by atoms with van der Waals surface area (Å²) in [7, 11) is -3.61. The van der Waals surface area contributed by atoms with Gasteiger partial charge in [0.2, 0.25) is 15.9 Å². The van der Waals surface area contributed by atoms with Crippen molar-refractivity contribution in [2.75, 3.05) is 18.4 Å². The van der Waals surface area contributed by atoms with Crippen LogP contribution < -0.4 is 10.6 Å². The van der Waals surface area contributed by atoms with Crippen LogP contribution in [0.2, 0.25) is 0 Å². The van der Waals surface area contributed by atoms with E-state index in [1.54, 1.807) is 37.3 Å². The highest BCUT2D eigenvalue weighted by atomic mass is 32.2. The molecule has 0 aliphatic carbocycles. The van der Waals surface area contributed by atoms with Crippen LogP contribution >= 0.6 is 0 Å². The summed E-state index contributed by atoms with van der Waals surface area (Å²) in [4.78, 5) is 24.1. The van der Waals surface area contributed by atoms with Gasteiger partial charge in [-0.2, -0.15) is 4.31 Å². The van der Waals surface area contributed by atoms with Gasteiger partial charge in [-0.25, -0.2) is 8.42 Å². The van der Waals surface area contributed by atoms with Gasteiger partial charge in [0.15, 0.2) is 0 Å². The smallest absolute Gasteiger partial charge is 0.251 e. The van der Waals surface area contributed by atoms with E-state index in [0.29, 0.717) is 29.9 Å². The van der Waals surface area contributed by atoms with Crippen molar-refractivity contribution in [3.63, 3.8) is 0 Å². The van der Waals surface area contributed by atoms with E-state index >= 15 is 0 Å². The molecule has 0 aromatic heterocycles. The van der Waals surface area contributed by atoms with Gasteiger partial charge in [0.1, 0.15) is 0 Å². The molecule has 0 atom stereocenters. The number of sulfonamides is 1. The van der Waals surface area contributed by atoms with E-state index < -0.39 is 10.0 Å². The molecule has 1 aliphatic rings. The fourth-order valence-corrected chi connectivity index (χ4v) is 5.04. The lowest BCUT2D eigenvalue weighted by Crippen LogP contribution is -2.35. The number of hydrogen-bond acceptors (Lipinski definition) is 4. The zero-order valence-electron chi connectivity index (χ0n) is 17.3. The molecule has 0 radical (unpaired) electrons. The first-order valence-electron chi connectivity index (χ1n) is 10.0. The van der Waals surface area contributed by atoms with E-state index in [1.807, 2.05) is 6.07 Å². The third-order valence-corrected chi connectivity index (χ3v) is 7.00. The molecule has 160 valence electrons. The highest BCUT2D eigenvalue weighted by Gasteiger charge is 2.27. The quantitative estimate of drug-likeness (QED) is 0.738. The Kier molecular flexibility index (Phi) is 6.89. The molecule has 0 bridgehead atoms. The topological polar surface area (TPSA) is 95.6 Å². The summed E-state index contributed by atoms with van der Waals surface area (Å²) in [6, 6.07) is 11.9. The second-order valence-electron chi connectivity index (χ2n) is 7.51. The SMILES string of the molecule is CC(=O)Nc1cccc(CNC(=O)c2cc(S(=O)(=O)N3CCCCC3)ccc2C)c1. The van der Waals surface area contributed by atoms with E-state index in [0.717, 1.165) is 24.8 Å². The maximum Gasteiger partial charge on any atom is 0.251 e. The van der Waals surface area contributed by atoms with Gasteiger partial charge in [-0.15, -0.1) is 0 Å². The van der Waals surface area contributed by atoms with Crippen molar-refractivity contribution in [3.8, 4) is 0 Å². The Morgan fingerprint density at radius 1 is 1.03 bits per heavy atom. The van der Waals surface area contributed by atoms with Gasteiger partial charge in [-0.05, 0) is 55.2 Å². The summed E-state index contributed by atoms with van der Waals surface area (Å²) in [5.74, 6) is -0.508. The maximum atomic E-state index is 12.9. The second kappa shape index (κ2) is 9.40. The predicted molar refractivity (Wildman–Crippen MR) is 116 cm³/mol. The zero-order valence-corrected chi connectivity index (χ0v) is 18.1. The number of carbonyl (C=O) groups is 2. The molecule has 8 heteroatoms. The number of anilines is 1. The molecular weight excluding hydrogens is 402 g/mol. The van der Waals surface area contributed by atoms with Crippen LogP contribution in [-0.4, -0.2) is 37.6 Å². The fourth-order valence-electron chi connectivity index (χ4n) is 3.50. The first kappa shape index (κ1) is 22.0. The fraction of sp³-hybridized carbons (Fsp3) is 0.364. The van der Waals surface area contributed by atoms with Gasteiger partial charge < -0.3 is 10.6 Å². The lowest BCUT2D eigenvalue weighted by atomic mass is 10.1. The molecule has 2 amide bonds. The van der Waals surface area contributed by atoms with Crippen LogP contribution in [0.25, 0.3) is 0 Å². The average molecular weight is 430 g/mol. The Morgan fingerprint density at radius 3 is 2.47 bits per heavy atom. The van der Waals surface area contributed by atoms with Crippen LogP contribution in [0, 0.1) is 6.92 Å². The molecule has 2 N–H and O–H groups in total. The monoisotopic (exact) mass is 429 g/mol. The van der Waals surface area contributed by atoms with Crippen molar-refractivity contribution >= 4 is 27.5 Å². The van der Waals surface area contributed by atoms with Crippen molar-refractivity contribution in [2.24, 2.45) is 0 Å². The van der Waals surface area contributed by atoms with Gasteiger partial charge >= 0.3 is 0 Å². The number of nitrogens with one attached hydrogen (secondary N) is 2. The molecule has 0 spiro atoms. The van der Waals surface area contributed by atoms with Crippen molar-refractivity contribution in [1.29, 1.82) is 0 Å². The second-order valence-corrected chi connectivity index (χ2v) is 9.44. The third-order valence-electron chi connectivity index (χ3n) is 5.11. The first-order valence-corrected chi connectivity index (χ1v) is 11.5.